The van der Waals surface area contributed by atoms with Gasteiger partial charge in [0.2, 0.25) is 0 Å². The fourth-order valence-electron chi connectivity index (χ4n) is 3.58. The van der Waals surface area contributed by atoms with Crippen molar-refractivity contribution >= 4 is 22.9 Å². The van der Waals surface area contributed by atoms with Crippen molar-refractivity contribution in [2.75, 3.05) is 38.0 Å². The van der Waals surface area contributed by atoms with Gasteiger partial charge in [0, 0.05) is 5.69 Å². The maximum atomic E-state index is 12.5. The average Bonchev–Trinajstić information content (AvgIpc) is 3.11. The van der Waals surface area contributed by atoms with Crippen LogP contribution in [-0.4, -0.2) is 38.6 Å². The summed E-state index contributed by atoms with van der Waals surface area (Å²) in [5.41, 5.74) is 3.37. The van der Waals surface area contributed by atoms with Crippen LogP contribution in [0.2, 0.25) is 0 Å². The van der Waals surface area contributed by atoms with E-state index < -0.39 is 0 Å². The Balaban J connectivity index is 1.48. The number of rotatable bonds is 6. The SMILES string of the molecule is CCc1cccc(C)c1NC(=O)C[NH+]1CC[NH+](Cc2cccs2)CC1. The van der Waals surface area contributed by atoms with Gasteiger partial charge in [-0.25, -0.2) is 0 Å². The number of amides is 1. The summed E-state index contributed by atoms with van der Waals surface area (Å²) < 4.78 is 0. The van der Waals surface area contributed by atoms with Gasteiger partial charge in [-0.05, 0) is 35.9 Å². The Morgan fingerprint density at radius 1 is 1.12 bits per heavy atom. The molecule has 0 unspecified atom stereocenters. The molecule has 25 heavy (non-hydrogen) atoms. The minimum absolute atomic E-state index is 0.140. The van der Waals surface area contributed by atoms with Crippen molar-refractivity contribution in [2.24, 2.45) is 0 Å². The molecule has 1 amide bonds. The van der Waals surface area contributed by atoms with Crippen LogP contribution in [0, 0.1) is 6.92 Å². The molecule has 0 saturated carbocycles. The van der Waals surface area contributed by atoms with Gasteiger partial charge in [0.05, 0.1) is 4.88 Å². The van der Waals surface area contributed by atoms with E-state index >= 15 is 0 Å². The number of aryl methyl sites for hydroxylation is 2. The normalized spacial score (nSPS) is 20.4. The van der Waals surface area contributed by atoms with E-state index in [0.717, 1.165) is 50.4 Å². The molecule has 1 aliphatic heterocycles. The number of benzene rings is 1. The molecule has 1 fully saturated rings. The second-order valence-electron chi connectivity index (χ2n) is 6.94. The minimum Gasteiger partial charge on any atom is -0.321 e. The summed E-state index contributed by atoms with van der Waals surface area (Å²) in [4.78, 5) is 17.0. The zero-order valence-corrected chi connectivity index (χ0v) is 16.0. The third-order valence-electron chi connectivity index (χ3n) is 5.08. The number of anilines is 1. The van der Waals surface area contributed by atoms with Crippen LogP contribution >= 0.6 is 11.3 Å². The molecule has 0 atom stereocenters. The second kappa shape index (κ2) is 8.61. The molecule has 2 heterocycles. The van der Waals surface area contributed by atoms with Crippen LogP contribution in [0.25, 0.3) is 0 Å². The van der Waals surface area contributed by atoms with Gasteiger partial charge < -0.3 is 15.1 Å². The molecule has 2 aromatic rings. The van der Waals surface area contributed by atoms with Gasteiger partial charge in [0.1, 0.15) is 32.7 Å². The van der Waals surface area contributed by atoms with E-state index in [1.54, 1.807) is 4.90 Å². The predicted molar refractivity (Wildman–Crippen MR) is 103 cm³/mol. The standard InChI is InChI=1S/C20H27N3OS/c1-3-17-7-4-6-16(2)20(17)21-19(24)15-23-11-9-22(10-12-23)14-18-8-5-13-25-18/h4-8,13H,3,9-12,14-15H2,1-2H3,(H,21,24)/p+2. The molecular weight excluding hydrogens is 330 g/mol. The first kappa shape index (κ1) is 18.1. The Morgan fingerprint density at radius 2 is 1.88 bits per heavy atom. The number of quaternary nitrogens is 2. The number of thiophene rings is 1. The summed E-state index contributed by atoms with van der Waals surface area (Å²) in [5, 5.41) is 5.31. The van der Waals surface area contributed by atoms with Gasteiger partial charge >= 0.3 is 0 Å². The Labute approximate surface area is 154 Å². The topological polar surface area (TPSA) is 38.0 Å². The number of hydrogen-bond acceptors (Lipinski definition) is 2. The number of para-hydroxylation sites is 1. The molecule has 0 aliphatic carbocycles. The lowest BCUT2D eigenvalue weighted by atomic mass is 10.1. The molecule has 3 N–H and O–H groups in total. The lowest BCUT2D eigenvalue weighted by Gasteiger charge is -2.29. The van der Waals surface area contributed by atoms with Gasteiger partial charge in [-0.15, -0.1) is 11.3 Å². The van der Waals surface area contributed by atoms with Gasteiger partial charge in [-0.2, -0.15) is 0 Å². The fraction of sp³-hybridized carbons (Fsp3) is 0.450. The highest BCUT2D eigenvalue weighted by molar-refractivity contribution is 7.09. The van der Waals surface area contributed by atoms with Crippen LogP contribution in [0.3, 0.4) is 0 Å². The molecule has 1 aromatic heterocycles. The van der Waals surface area contributed by atoms with Crippen molar-refractivity contribution in [1.82, 2.24) is 0 Å². The van der Waals surface area contributed by atoms with Gasteiger partial charge in [-0.3, -0.25) is 4.79 Å². The molecule has 0 radical (unpaired) electrons. The molecule has 4 nitrogen and oxygen atoms in total. The van der Waals surface area contributed by atoms with E-state index in [4.69, 9.17) is 0 Å². The van der Waals surface area contributed by atoms with Crippen LogP contribution in [0.15, 0.2) is 35.7 Å². The lowest BCUT2D eigenvalue weighted by Crippen LogP contribution is -3.28. The Bertz CT molecular complexity index is 691. The van der Waals surface area contributed by atoms with E-state index in [1.807, 2.05) is 11.3 Å². The first-order valence-corrected chi connectivity index (χ1v) is 10.1. The molecule has 1 saturated heterocycles. The quantitative estimate of drug-likeness (QED) is 0.692. The third-order valence-corrected chi connectivity index (χ3v) is 5.96. The van der Waals surface area contributed by atoms with Crippen molar-refractivity contribution in [3.05, 3.63) is 51.7 Å². The minimum atomic E-state index is 0.140. The van der Waals surface area contributed by atoms with E-state index in [0.29, 0.717) is 6.54 Å². The highest BCUT2D eigenvalue weighted by Gasteiger charge is 2.25. The first-order chi connectivity index (χ1) is 12.2. The molecule has 134 valence electrons. The molecule has 1 aliphatic rings. The number of piperazine rings is 1. The zero-order chi connectivity index (χ0) is 17.6. The summed E-state index contributed by atoms with van der Waals surface area (Å²) in [6.07, 6.45) is 0.939. The van der Waals surface area contributed by atoms with Crippen LogP contribution in [-0.2, 0) is 17.8 Å². The lowest BCUT2D eigenvalue weighted by molar-refractivity contribution is -1.01. The van der Waals surface area contributed by atoms with E-state index in [1.165, 1.54) is 15.3 Å². The van der Waals surface area contributed by atoms with Gasteiger partial charge in [0.15, 0.2) is 6.54 Å². The summed E-state index contributed by atoms with van der Waals surface area (Å²) in [6, 6.07) is 10.6. The molecule has 0 bridgehead atoms. The van der Waals surface area contributed by atoms with Crippen LogP contribution in [0.4, 0.5) is 5.69 Å². The fourth-order valence-corrected chi connectivity index (χ4v) is 4.36. The van der Waals surface area contributed by atoms with Crippen LogP contribution in [0.1, 0.15) is 22.9 Å². The van der Waals surface area contributed by atoms with E-state index in [9.17, 15) is 4.79 Å². The maximum Gasteiger partial charge on any atom is 0.279 e. The Hall–Kier alpha value is -1.69. The van der Waals surface area contributed by atoms with E-state index in [-0.39, 0.29) is 5.91 Å². The zero-order valence-electron chi connectivity index (χ0n) is 15.2. The summed E-state index contributed by atoms with van der Waals surface area (Å²) >= 11 is 1.84. The molecular formula is C20H29N3OS+2. The summed E-state index contributed by atoms with van der Waals surface area (Å²) in [5.74, 6) is 0.140. The highest BCUT2D eigenvalue weighted by atomic mass is 32.1. The third kappa shape index (κ3) is 4.91. The van der Waals surface area contributed by atoms with Gasteiger partial charge in [-0.1, -0.05) is 31.2 Å². The highest BCUT2D eigenvalue weighted by Crippen LogP contribution is 2.20. The number of nitrogens with one attached hydrogen (secondary N) is 3. The van der Waals surface area contributed by atoms with E-state index in [2.05, 4.69) is 54.9 Å². The molecule has 0 spiro atoms. The summed E-state index contributed by atoms with van der Waals surface area (Å²) in [7, 11) is 0. The van der Waals surface area contributed by atoms with Crippen LogP contribution < -0.4 is 15.1 Å². The van der Waals surface area contributed by atoms with Crippen molar-refractivity contribution in [3.8, 4) is 0 Å². The number of hydrogen-bond donors (Lipinski definition) is 3. The van der Waals surface area contributed by atoms with Gasteiger partial charge in [0.25, 0.3) is 5.91 Å². The number of carbonyl (C=O) groups excluding carboxylic acids is 1. The molecule has 1 aromatic carbocycles. The maximum absolute atomic E-state index is 12.5. The summed E-state index contributed by atoms with van der Waals surface area (Å²) in [6.45, 7) is 10.3. The molecule has 5 heteroatoms. The first-order valence-electron chi connectivity index (χ1n) is 9.23. The predicted octanol–water partition coefficient (Wildman–Crippen LogP) is 0.541. The molecule has 3 rings (SSSR count). The van der Waals surface area contributed by atoms with Crippen molar-refractivity contribution in [3.63, 3.8) is 0 Å². The monoisotopic (exact) mass is 359 g/mol. The average molecular weight is 360 g/mol. The Kier molecular flexibility index (Phi) is 6.24. The number of carbonyl (C=O) groups is 1. The smallest absolute Gasteiger partial charge is 0.279 e. The Morgan fingerprint density at radius 3 is 2.56 bits per heavy atom. The van der Waals surface area contributed by atoms with Crippen molar-refractivity contribution < 1.29 is 14.6 Å². The van der Waals surface area contributed by atoms with Crippen LogP contribution in [0.5, 0.6) is 0 Å². The second-order valence-corrected chi connectivity index (χ2v) is 7.98. The largest absolute Gasteiger partial charge is 0.321 e. The van der Waals surface area contributed by atoms with Crippen molar-refractivity contribution in [1.29, 1.82) is 0 Å². The van der Waals surface area contributed by atoms with Crippen molar-refractivity contribution in [2.45, 2.75) is 26.8 Å².